The minimum Gasteiger partial charge on any atom is -0.377 e. The molecule has 0 radical (unpaired) electrons. The van der Waals surface area contributed by atoms with Gasteiger partial charge in [0.1, 0.15) is 17.4 Å². The largest absolute Gasteiger partial charge is 0.420 e. The quantitative estimate of drug-likeness (QED) is 0.507. The molecule has 0 bridgehead atoms. The van der Waals surface area contributed by atoms with Gasteiger partial charge in [0.25, 0.3) is 0 Å². The molecule has 3 aromatic heterocycles. The van der Waals surface area contributed by atoms with Gasteiger partial charge in [-0.25, -0.2) is 4.98 Å². The summed E-state index contributed by atoms with van der Waals surface area (Å²) in [4.78, 5) is 21.6. The first-order valence-electron chi connectivity index (χ1n) is 10.0. The normalized spacial score (nSPS) is 12.4. The molecule has 11 heteroatoms. The number of carbonyl (C=O) groups excluding carboxylic acids is 1. The highest BCUT2D eigenvalue weighted by Crippen LogP contribution is 2.33. The number of halogens is 3. The van der Waals surface area contributed by atoms with Gasteiger partial charge in [-0.2, -0.15) is 28.6 Å². The molecule has 0 spiro atoms. The molecule has 0 aliphatic heterocycles. The summed E-state index contributed by atoms with van der Waals surface area (Å²) in [5.74, 6) is -0.824. The van der Waals surface area contributed by atoms with E-state index in [2.05, 4.69) is 26.2 Å². The molecule has 3 rings (SSSR count). The van der Waals surface area contributed by atoms with Gasteiger partial charge in [0.15, 0.2) is 5.82 Å². The maximum Gasteiger partial charge on any atom is 0.420 e. The summed E-state index contributed by atoms with van der Waals surface area (Å²) in [6.45, 7) is 3.58. The van der Waals surface area contributed by atoms with Crippen LogP contribution in [0.5, 0.6) is 0 Å². The van der Waals surface area contributed by atoms with E-state index in [1.807, 2.05) is 6.92 Å². The summed E-state index contributed by atoms with van der Waals surface area (Å²) >= 11 is 0. The number of nitrogens with zero attached hydrogens (tertiary/aromatic N) is 6. The Labute approximate surface area is 188 Å². The van der Waals surface area contributed by atoms with Crippen LogP contribution < -0.4 is 0 Å². The van der Waals surface area contributed by atoms with Crippen LogP contribution in [0.2, 0.25) is 0 Å². The number of ether oxygens (including phenoxy) is 1. The summed E-state index contributed by atoms with van der Waals surface area (Å²) in [6, 6.07) is 2.99. The number of carbonyl (C=O) groups is 1. The molecule has 0 fully saturated rings. The lowest BCUT2D eigenvalue weighted by Gasteiger charge is -2.20. The summed E-state index contributed by atoms with van der Waals surface area (Å²) in [6.07, 6.45) is 0.250. The van der Waals surface area contributed by atoms with Gasteiger partial charge in [0.05, 0.1) is 29.8 Å². The van der Waals surface area contributed by atoms with Crippen LogP contribution in [-0.4, -0.2) is 37.9 Å². The lowest BCUT2D eigenvalue weighted by atomic mass is 9.92. The molecular weight excluding hydrogens is 437 g/mol. The van der Waals surface area contributed by atoms with Crippen LogP contribution in [0.25, 0.3) is 5.82 Å². The number of aromatic nitrogens is 5. The molecule has 0 unspecified atom stereocenters. The molecular formula is C22H21F3N6O2. The molecule has 8 nitrogen and oxygen atoms in total. The van der Waals surface area contributed by atoms with Gasteiger partial charge in [-0.05, 0) is 30.5 Å². The topological polar surface area (TPSA) is 107 Å². The maximum atomic E-state index is 13.6. The maximum absolute atomic E-state index is 13.6. The van der Waals surface area contributed by atoms with Gasteiger partial charge in [-0.1, -0.05) is 6.92 Å². The molecule has 3 heterocycles. The second-order valence-corrected chi connectivity index (χ2v) is 7.33. The molecule has 33 heavy (non-hydrogen) atoms. The van der Waals surface area contributed by atoms with Crippen molar-refractivity contribution in [1.29, 1.82) is 5.26 Å². The Morgan fingerprint density at radius 2 is 1.91 bits per heavy atom. The number of Topliss-reactive ketones (excluding diaryl/α,β-unsaturated/α-hetero) is 1. The van der Waals surface area contributed by atoms with Gasteiger partial charge in [-0.3, -0.25) is 9.78 Å². The molecule has 0 aliphatic carbocycles. The second-order valence-electron chi connectivity index (χ2n) is 7.33. The zero-order valence-corrected chi connectivity index (χ0v) is 18.2. The Balaban J connectivity index is 1.91. The van der Waals surface area contributed by atoms with E-state index in [1.54, 1.807) is 6.92 Å². The summed E-state index contributed by atoms with van der Waals surface area (Å²) < 4.78 is 46.3. The lowest BCUT2D eigenvalue weighted by Crippen LogP contribution is -2.17. The van der Waals surface area contributed by atoms with Crippen LogP contribution in [0.1, 0.15) is 53.0 Å². The van der Waals surface area contributed by atoms with Crippen LogP contribution in [0, 0.1) is 18.3 Å². The zero-order chi connectivity index (χ0) is 24.2. The first kappa shape index (κ1) is 24.0. The third-order valence-electron chi connectivity index (χ3n) is 5.11. The summed E-state index contributed by atoms with van der Waals surface area (Å²) in [5.41, 5.74) is 1.00. The third kappa shape index (κ3) is 5.23. The molecule has 172 valence electrons. The van der Waals surface area contributed by atoms with Gasteiger partial charge in [0.2, 0.25) is 0 Å². The molecule has 1 atom stereocenters. The van der Waals surface area contributed by atoms with Crippen molar-refractivity contribution in [2.45, 2.75) is 45.4 Å². The van der Waals surface area contributed by atoms with E-state index in [1.165, 1.54) is 31.9 Å². The van der Waals surface area contributed by atoms with Gasteiger partial charge in [-0.15, -0.1) is 4.80 Å². The van der Waals surface area contributed by atoms with E-state index < -0.39 is 23.7 Å². The molecule has 0 aromatic carbocycles. The predicted molar refractivity (Wildman–Crippen MR) is 110 cm³/mol. The molecule has 0 N–H and O–H groups in total. The standard InChI is InChI=1S/C22H21F3N6O2/c1-4-19(33-3)20-15(12-27-13(2)17(20)10-26)9-16(32)7-14-8-18(22(23,24)25)21(28-11-14)31-29-5-6-30-31/h5-6,8,11-12,19H,4,7,9H2,1-3H3/t19-/m0/s1. The molecule has 3 aromatic rings. The minimum atomic E-state index is -4.71. The highest BCUT2D eigenvalue weighted by atomic mass is 19.4. The fourth-order valence-electron chi connectivity index (χ4n) is 3.60. The summed E-state index contributed by atoms with van der Waals surface area (Å²) in [7, 11) is 1.51. The van der Waals surface area contributed by atoms with Crippen LogP contribution in [-0.2, 0) is 28.5 Å². The van der Waals surface area contributed by atoms with E-state index in [-0.39, 0.29) is 24.2 Å². The van der Waals surface area contributed by atoms with Crippen LogP contribution in [0.3, 0.4) is 0 Å². The minimum absolute atomic E-state index is 0.101. The Morgan fingerprint density at radius 3 is 2.48 bits per heavy atom. The fourth-order valence-corrected chi connectivity index (χ4v) is 3.60. The number of alkyl halides is 3. The number of pyridine rings is 2. The van der Waals surface area contributed by atoms with Crippen molar-refractivity contribution in [2.24, 2.45) is 0 Å². The molecule has 0 amide bonds. The third-order valence-corrected chi connectivity index (χ3v) is 5.11. The number of methoxy groups -OCH3 is 1. The van der Waals surface area contributed by atoms with E-state index in [0.717, 1.165) is 10.9 Å². The van der Waals surface area contributed by atoms with Crippen molar-refractivity contribution in [3.05, 3.63) is 64.4 Å². The van der Waals surface area contributed by atoms with Crippen LogP contribution >= 0.6 is 0 Å². The number of ketones is 1. The highest BCUT2D eigenvalue weighted by Gasteiger charge is 2.36. The first-order valence-corrected chi connectivity index (χ1v) is 10.0. The van der Waals surface area contributed by atoms with Crippen molar-refractivity contribution >= 4 is 5.78 Å². The molecule has 0 saturated carbocycles. The second kappa shape index (κ2) is 9.87. The number of aryl methyl sites for hydroxylation is 1. The number of nitriles is 1. The van der Waals surface area contributed by atoms with E-state index in [0.29, 0.717) is 28.8 Å². The SMILES string of the molecule is CC[C@H](OC)c1c(CC(=O)Cc2cnc(-n3nccn3)c(C(F)(F)F)c2)cnc(C)c1C#N. The van der Waals surface area contributed by atoms with Crippen LogP contribution in [0.15, 0.2) is 30.9 Å². The summed E-state index contributed by atoms with van der Waals surface area (Å²) in [5, 5.41) is 17.0. The van der Waals surface area contributed by atoms with Crippen molar-refractivity contribution < 1.29 is 22.7 Å². The average molecular weight is 458 g/mol. The van der Waals surface area contributed by atoms with Crippen molar-refractivity contribution in [3.63, 3.8) is 0 Å². The van der Waals surface area contributed by atoms with Gasteiger partial charge < -0.3 is 4.74 Å². The lowest BCUT2D eigenvalue weighted by molar-refractivity contribution is -0.138. The number of hydrogen-bond donors (Lipinski definition) is 0. The first-order chi connectivity index (χ1) is 15.7. The smallest absolute Gasteiger partial charge is 0.377 e. The Bertz CT molecular complexity index is 1180. The fraction of sp³-hybridized carbons (Fsp3) is 0.364. The van der Waals surface area contributed by atoms with E-state index >= 15 is 0 Å². The van der Waals surface area contributed by atoms with Crippen molar-refractivity contribution in [1.82, 2.24) is 25.0 Å². The Kier molecular flexibility index (Phi) is 7.18. The van der Waals surface area contributed by atoms with E-state index in [9.17, 15) is 23.2 Å². The highest BCUT2D eigenvalue weighted by molar-refractivity contribution is 5.83. The number of hydrogen-bond acceptors (Lipinski definition) is 7. The average Bonchev–Trinajstić information content (AvgIpc) is 3.30. The Morgan fingerprint density at radius 1 is 1.21 bits per heavy atom. The van der Waals surface area contributed by atoms with Crippen molar-refractivity contribution in [2.75, 3.05) is 7.11 Å². The van der Waals surface area contributed by atoms with E-state index in [4.69, 9.17) is 4.74 Å². The van der Waals surface area contributed by atoms with Gasteiger partial charge >= 0.3 is 6.18 Å². The molecule has 0 aliphatic rings. The monoisotopic (exact) mass is 458 g/mol. The predicted octanol–water partition coefficient (Wildman–Crippen LogP) is 3.71. The zero-order valence-electron chi connectivity index (χ0n) is 18.2. The van der Waals surface area contributed by atoms with Crippen LogP contribution in [0.4, 0.5) is 13.2 Å². The van der Waals surface area contributed by atoms with Gasteiger partial charge in [0, 0.05) is 37.9 Å². The van der Waals surface area contributed by atoms with Crippen molar-refractivity contribution in [3.8, 4) is 11.9 Å². The Hall–Kier alpha value is -3.65. The number of rotatable bonds is 8. The molecule has 0 saturated heterocycles.